The van der Waals surface area contributed by atoms with E-state index in [0.717, 1.165) is 24.8 Å². The molecule has 0 amide bonds. The molecule has 2 fully saturated rings. The molecule has 2 nitrogen and oxygen atoms in total. The third kappa shape index (κ3) is 2.44. The van der Waals surface area contributed by atoms with Crippen LogP contribution in [0.5, 0.6) is 0 Å². The van der Waals surface area contributed by atoms with Crippen molar-refractivity contribution in [1.29, 1.82) is 0 Å². The molecular formula is C11H21NO. The number of nitrogens with one attached hydrogen (secondary N) is 1. The van der Waals surface area contributed by atoms with Crippen molar-refractivity contribution in [1.82, 2.24) is 5.32 Å². The van der Waals surface area contributed by atoms with Gasteiger partial charge in [-0.05, 0) is 38.0 Å². The highest BCUT2D eigenvalue weighted by Gasteiger charge is 2.32. The van der Waals surface area contributed by atoms with Gasteiger partial charge in [0.15, 0.2) is 0 Å². The standard InChI is InChI=1S/C11H21NO/c1-2-8-3-6-10(13)7-11(8)12-9-4-5-9/h8-13H,2-7H2,1H3. The minimum atomic E-state index is -0.0425. The number of rotatable bonds is 3. The summed E-state index contributed by atoms with van der Waals surface area (Å²) in [4.78, 5) is 0. The van der Waals surface area contributed by atoms with Crippen LogP contribution in [0.4, 0.5) is 0 Å². The Bertz CT molecular complexity index is 165. The molecule has 2 aliphatic carbocycles. The molecule has 0 radical (unpaired) electrons. The van der Waals surface area contributed by atoms with Crippen molar-refractivity contribution in [2.75, 3.05) is 0 Å². The molecule has 13 heavy (non-hydrogen) atoms. The van der Waals surface area contributed by atoms with Crippen LogP contribution in [0.2, 0.25) is 0 Å². The summed E-state index contributed by atoms with van der Waals surface area (Å²) in [5.74, 6) is 0.809. The quantitative estimate of drug-likeness (QED) is 0.697. The Morgan fingerprint density at radius 3 is 2.62 bits per heavy atom. The minimum absolute atomic E-state index is 0.0425. The summed E-state index contributed by atoms with van der Waals surface area (Å²) in [6, 6.07) is 1.38. The smallest absolute Gasteiger partial charge is 0.0555 e. The van der Waals surface area contributed by atoms with Crippen LogP contribution in [0.1, 0.15) is 45.4 Å². The highest BCUT2D eigenvalue weighted by molar-refractivity contribution is 4.91. The zero-order valence-corrected chi connectivity index (χ0v) is 8.50. The van der Waals surface area contributed by atoms with Crippen LogP contribution in [0, 0.1) is 5.92 Å². The Balaban J connectivity index is 1.85. The number of hydrogen-bond acceptors (Lipinski definition) is 2. The fourth-order valence-corrected chi connectivity index (χ4v) is 2.46. The van der Waals surface area contributed by atoms with E-state index in [1.165, 1.54) is 25.7 Å². The molecule has 2 heteroatoms. The van der Waals surface area contributed by atoms with Crippen LogP contribution in [-0.4, -0.2) is 23.3 Å². The first kappa shape index (κ1) is 9.47. The second-order valence-electron chi connectivity index (χ2n) is 4.68. The van der Waals surface area contributed by atoms with Crippen LogP contribution in [-0.2, 0) is 0 Å². The largest absolute Gasteiger partial charge is 0.393 e. The van der Waals surface area contributed by atoms with E-state index in [9.17, 15) is 5.11 Å². The van der Waals surface area contributed by atoms with E-state index >= 15 is 0 Å². The Labute approximate surface area is 80.7 Å². The first-order valence-electron chi connectivity index (χ1n) is 5.73. The molecule has 2 aliphatic rings. The van der Waals surface area contributed by atoms with Gasteiger partial charge in [-0.2, -0.15) is 0 Å². The lowest BCUT2D eigenvalue weighted by Crippen LogP contribution is -2.43. The predicted molar refractivity (Wildman–Crippen MR) is 53.6 cm³/mol. The van der Waals surface area contributed by atoms with E-state index in [4.69, 9.17) is 0 Å². The highest BCUT2D eigenvalue weighted by atomic mass is 16.3. The first-order chi connectivity index (χ1) is 6.29. The topological polar surface area (TPSA) is 32.3 Å². The number of aliphatic hydroxyl groups is 1. The van der Waals surface area contributed by atoms with E-state index in [2.05, 4.69) is 12.2 Å². The third-order valence-corrected chi connectivity index (χ3v) is 3.52. The van der Waals surface area contributed by atoms with Crippen molar-refractivity contribution < 1.29 is 5.11 Å². The normalized spacial score (nSPS) is 40.6. The maximum absolute atomic E-state index is 9.59. The van der Waals surface area contributed by atoms with Gasteiger partial charge in [0.25, 0.3) is 0 Å². The summed E-state index contributed by atoms with van der Waals surface area (Å²) < 4.78 is 0. The minimum Gasteiger partial charge on any atom is -0.393 e. The van der Waals surface area contributed by atoms with Gasteiger partial charge in [-0.25, -0.2) is 0 Å². The lowest BCUT2D eigenvalue weighted by Gasteiger charge is -2.34. The monoisotopic (exact) mass is 183 g/mol. The van der Waals surface area contributed by atoms with E-state index in [0.29, 0.717) is 6.04 Å². The van der Waals surface area contributed by atoms with Gasteiger partial charge in [-0.3, -0.25) is 0 Å². The Morgan fingerprint density at radius 1 is 1.23 bits per heavy atom. The van der Waals surface area contributed by atoms with Crippen molar-refractivity contribution in [3.63, 3.8) is 0 Å². The van der Waals surface area contributed by atoms with Gasteiger partial charge in [-0.15, -0.1) is 0 Å². The van der Waals surface area contributed by atoms with Crippen LogP contribution >= 0.6 is 0 Å². The van der Waals surface area contributed by atoms with Crippen molar-refractivity contribution in [3.05, 3.63) is 0 Å². The number of aliphatic hydroxyl groups excluding tert-OH is 1. The molecular weight excluding hydrogens is 162 g/mol. The van der Waals surface area contributed by atoms with Gasteiger partial charge in [0.05, 0.1) is 6.10 Å². The lowest BCUT2D eigenvalue weighted by molar-refractivity contribution is 0.0820. The molecule has 0 aliphatic heterocycles. The van der Waals surface area contributed by atoms with Crippen LogP contribution in [0.25, 0.3) is 0 Å². The summed E-state index contributed by atoms with van der Waals surface area (Å²) >= 11 is 0. The summed E-state index contributed by atoms with van der Waals surface area (Å²) in [6.45, 7) is 2.27. The maximum atomic E-state index is 9.59. The van der Waals surface area contributed by atoms with Gasteiger partial charge in [0, 0.05) is 12.1 Å². The van der Waals surface area contributed by atoms with Crippen molar-refractivity contribution >= 4 is 0 Å². The fourth-order valence-electron chi connectivity index (χ4n) is 2.46. The molecule has 76 valence electrons. The van der Waals surface area contributed by atoms with Gasteiger partial charge in [-0.1, -0.05) is 13.3 Å². The zero-order valence-electron chi connectivity index (χ0n) is 8.50. The summed E-state index contributed by atoms with van der Waals surface area (Å²) in [6.07, 6.45) is 7.13. The molecule has 2 N–H and O–H groups in total. The van der Waals surface area contributed by atoms with Crippen molar-refractivity contribution in [3.8, 4) is 0 Å². The molecule has 0 spiro atoms. The van der Waals surface area contributed by atoms with E-state index in [1.54, 1.807) is 0 Å². The number of hydrogen-bond donors (Lipinski definition) is 2. The van der Waals surface area contributed by atoms with E-state index < -0.39 is 0 Å². The fraction of sp³-hybridized carbons (Fsp3) is 1.00. The molecule has 0 saturated heterocycles. The predicted octanol–water partition coefficient (Wildman–Crippen LogP) is 1.68. The molecule has 0 aromatic rings. The van der Waals surface area contributed by atoms with Crippen molar-refractivity contribution in [2.45, 2.75) is 63.6 Å². The first-order valence-corrected chi connectivity index (χ1v) is 5.73. The molecule has 0 heterocycles. The average molecular weight is 183 g/mol. The molecule has 0 aromatic carbocycles. The molecule has 0 aromatic heterocycles. The third-order valence-electron chi connectivity index (χ3n) is 3.52. The Morgan fingerprint density at radius 2 is 2.00 bits per heavy atom. The molecule has 3 atom stereocenters. The lowest BCUT2D eigenvalue weighted by atomic mass is 9.81. The van der Waals surface area contributed by atoms with Gasteiger partial charge in [0.2, 0.25) is 0 Å². The Kier molecular flexibility index (Phi) is 2.89. The second-order valence-corrected chi connectivity index (χ2v) is 4.68. The van der Waals surface area contributed by atoms with Gasteiger partial charge in [0.1, 0.15) is 0 Å². The molecule has 2 saturated carbocycles. The molecule has 3 unspecified atom stereocenters. The Hall–Kier alpha value is -0.0800. The SMILES string of the molecule is CCC1CCC(O)CC1NC1CC1. The summed E-state index contributed by atoms with van der Waals surface area (Å²) in [5, 5.41) is 13.3. The molecule has 2 rings (SSSR count). The second kappa shape index (κ2) is 3.97. The summed E-state index contributed by atoms with van der Waals surface area (Å²) in [5.41, 5.74) is 0. The maximum Gasteiger partial charge on any atom is 0.0555 e. The van der Waals surface area contributed by atoms with E-state index in [1.807, 2.05) is 0 Å². The average Bonchev–Trinajstić information content (AvgIpc) is 2.89. The summed E-state index contributed by atoms with van der Waals surface area (Å²) in [7, 11) is 0. The van der Waals surface area contributed by atoms with Crippen molar-refractivity contribution in [2.24, 2.45) is 5.92 Å². The van der Waals surface area contributed by atoms with E-state index in [-0.39, 0.29) is 6.10 Å². The van der Waals surface area contributed by atoms with Gasteiger partial charge < -0.3 is 10.4 Å². The zero-order chi connectivity index (χ0) is 9.26. The highest BCUT2D eigenvalue weighted by Crippen LogP contribution is 2.30. The van der Waals surface area contributed by atoms with Gasteiger partial charge >= 0.3 is 0 Å². The van der Waals surface area contributed by atoms with Crippen LogP contribution in [0.15, 0.2) is 0 Å². The molecule has 0 bridgehead atoms. The van der Waals surface area contributed by atoms with Crippen LogP contribution < -0.4 is 5.32 Å². The van der Waals surface area contributed by atoms with Crippen LogP contribution in [0.3, 0.4) is 0 Å².